The van der Waals surface area contributed by atoms with E-state index >= 15 is 0 Å². The number of benzene rings is 4. The molecule has 0 bridgehead atoms. The zero-order chi connectivity index (χ0) is 37.0. The summed E-state index contributed by atoms with van der Waals surface area (Å²) in [6.45, 7) is 2.06. The van der Waals surface area contributed by atoms with E-state index in [2.05, 4.69) is 4.98 Å². The number of methoxy groups -OCH3 is 5. The molecule has 0 saturated heterocycles. The Bertz CT molecular complexity index is 2380. The van der Waals surface area contributed by atoms with Crippen LogP contribution in [0.5, 0.6) is 34.5 Å². The molecule has 0 spiro atoms. The highest BCUT2D eigenvalue weighted by atomic mass is 32.2. The summed E-state index contributed by atoms with van der Waals surface area (Å²) in [6.07, 6.45) is 1.15. The molecular formula is C38H38N2O10S2. The van der Waals surface area contributed by atoms with Crippen molar-refractivity contribution >= 4 is 43.8 Å². The fourth-order valence-corrected chi connectivity index (χ4v) is 8.43. The molecule has 0 unspecified atom stereocenters. The second-order valence-electron chi connectivity index (χ2n) is 11.6. The Kier molecular flexibility index (Phi) is 10.9. The number of hydrogen-bond acceptors (Lipinski definition) is 12. The summed E-state index contributed by atoms with van der Waals surface area (Å²) >= 11 is 1.34. The first-order chi connectivity index (χ1) is 25.1. The average Bonchev–Trinajstić information content (AvgIpc) is 3.54. The predicted octanol–water partition coefficient (Wildman–Crippen LogP) is 7.35. The molecule has 52 heavy (non-hydrogen) atoms. The summed E-state index contributed by atoms with van der Waals surface area (Å²) in [6, 6.07) is 20.5. The van der Waals surface area contributed by atoms with Crippen LogP contribution in [-0.2, 0) is 10.0 Å². The second kappa shape index (κ2) is 15.5. The Morgan fingerprint density at radius 3 is 2.13 bits per heavy atom. The third-order valence-electron chi connectivity index (χ3n) is 8.34. The fourth-order valence-electron chi connectivity index (χ4n) is 5.72. The molecular weight excluding hydrogens is 709 g/mol. The minimum absolute atomic E-state index is 0.0242. The van der Waals surface area contributed by atoms with Gasteiger partial charge in [0.15, 0.2) is 22.4 Å². The standard InChI is InChI=1S/C38H38N2O10S2/c1-23-13-15-26(16-14-23)52(42,43)40-28-12-8-7-11-27(28)39-38(40)51-18-10-9-17-49-37-34(41)33-29(45-3)21-25(44-2)22-30(33)50-35(37)24-19-31(46-4)36(48-6)32(20-24)47-5/h7-8,11-16,19-22H,9-10,17-18H2,1-6H3. The van der Waals surface area contributed by atoms with Crippen molar-refractivity contribution in [2.24, 2.45) is 0 Å². The molecule has 0 aliphatic heterocycles. The predicted molar refractivity (Wildman–Crippen MR) is 200 cm³/mol. The number of fused-ring (bicyclic) bond motifs is 2. The van der Waals surface area contributed by atoms with Gasteiger partial charge in [-0.05, 0) is 56.2 Å². The molecule has 0 aliphatic carbocycles. The van der Waals surface area contributed by atoms with Gasteiger partial charge in [-0.25, -0.2) is 17.4 Å². The van der Waals surface area contributed by atoms with Gasteiger partial charge < -0.3 is 32.8 Å². The maximum Gasteiger partial charge on any atom is 0.270 e. The van der Waals surface area contributed by atoms with Crippen molar-refractivity contribution in [2.45, 2.75) is 29.8 Å². The van der Waals surface area contributed by atoms with E-state index in [1.54, 1.807) is 66.7 Å². The normalized spacial score (nSPS) is 11.5. The van der Waals surface area contributed by atoms with Crippen molar-refractivity contribution in [3.63, 3.8) is 0 Å². The van der Waals surface area contributed by atoms with Crippen LogP contribution in [0.4, 0.5) is 0 Å². The van der Waals surface area contributed by atoms with Crippen LogP contribution in [0.1, 0.15) is 18.4 Å². The number of rotatable bonds is 15. The van der Waals surface area contributed by atoms with Gasteiger partial charge in [-0.1, -0.05) is 41.6 Å². The lowest BCUT2D eigenvalue weighted by Gasteiger charge is -2.17. The smallest absolute Gasteiger partial charge is 0.270 e. The van der Waals surface area contributed by atoms with Crippen molar-refractivity contribution in [3.8, 4) is 45.8 Å². The Morgan fingerprint density at radius 1 is 0.788 bits per heavy atom. The summed E-state index contributed by atoms with van der Waals surface area (Å²) < 4.78 is 69.1. The van der Waals surface area contributed by atoms with Crippen molar-refractivity contribution in [1.82, 2.24) is 8.96 Å². The lowest BCUT2D eigenvalue weighted by molar-refractivity contribution is 0.301. The number of imidazole rings is 1. The van der Waals surface area contributed by atoms with Gasteiger partial charge in [-0.15, -0.1) is 0 Å². The highest BCUT2D eigenvalue weighted by molar-refractivity contribution is 8.00. The maximum atomic E-state index is 14.1. The highest BCUT2D eigenvalue weighted by Crippen LogP contribution is 2.44. The minimum Gasteiger partial charge on any atom is -0.496 e. The topological polar surface area (TPSA) is 138 Å². The first kappa shape index (κ1) is 36.5. The summed E-state index contributed by atoms with van der Waals surface area (Å²) in [5.74, 6) is 2.47. The Hall–Kier alpha value is -5.34. The van der Waals surface area contributed by atoms with Gasteiger partial charge in [0.25, 0.3) is 10.0 Å². The quantitative estimate of drug-likeness (QED) is 0.0767. The number of hydrogen-bond donors (Lipinski definition) is 0. The first-order valence-corrected chi connectivity index (χ1v) is 18.7. The van der Waals surface area contributed by atoms with Gasteiger partial charge in [-0.2, -0.15) is 0 Å². The van der Waals surface area contributed by atoms with E-state index in [4.69, 9.17) is 32.8 Å². The molecule has 6 aromatic rings. The summed E-state index contributed by atoms with van der Waals surface area (Å²) in [5, 5.41) is 0.559. The van der Waals surface area contributed by atoms with E-state index in [1.807, 2.05) is 13.0 Å². The highest BCUT2D eigenvalue weighted by Gasteiger charge is 2.26. The summed E-state index contributed by atoms with van der Waals surface area (Å²) in [5.41, 5.74) is 2.30. The lowest BCUT2D eigenvalue weighted by Crippen LogP contribution is -2.14. The van der Waals surface area contributed by atoms with Gasteiger partial charge in [0.05, 0.1) is 58.1 Å². The van der Waals surface area contributed by atoms with E-state index in [1.165, 1.54) is 51.3 Å². The third-order valence-corrected chi connectivity index (χ3v) is 11.2. The molecule has 12 nitrogen and oxygen atoms in total. The van der Waals surface area contributed by atoms with Gasteiger partial charge in [0.1, 0.15) is 22.5 Å². The van der Waals surface area contributed by atoms with Crippen LogP contribution in [0.25, 0.3) is 33.3 Å². The largest absolute Gasteiger partial charge is 0.496 e. The zero-order valence-corrected chi connectivity index (χ0v) is 31.2. The molecule has 0 N–H and O–H groups in total. The molecule has 0 radical (unpaired) electrons. The van der Waals surface area contributed by atoms with E-state index in [0.29, 0.717) is 63.3 Å². The third kappa shape index (κ3) is 6.95. The molecule has 0 amide bonds. The van der Waals surface area contributed by atoms with Crippen LogP contribution in [0.15, 0.2) is 92.1 Å². The van der Waals surface area contributed by atoms with Crippen LogP contribution < -0.4 is 33.8 Å². The van der Waals surface area contributed by atoms with E-state index in [-0.39, 0.29) is 39.7 Å². The summed E-state index contributed by atoms with van der Waals surface area (Å²) in [7, 11) is 3.54. The molecule has 4 aromatic carbocycles. The lowest BCUT2D eigenvalue weighted by atomic mass is 10.1. The van der Waals surface area contributed by atoms with Crippen LogP contribution in [-0.4, -0.2) is 65.3 Å². The van der Waals surface area contributed by atoms with E-state index in [9.17, 15) is 13.2 Å². The molecule has 0 saturated carbocycles. The molecule has 0 fully saturated rings. The van der Waals surface area contributed by atoms with Crippen molar-refractivity contribution < 1.29 is 41.3 Å². The number of nitrogens with zero attached hydrogens (tertiary/aromatic N) is 2. The zero-order valence-electron chi connectivity index (χ0n) is 29.6. The molecule has 272 valence electrons. The van der Waals surface area contributed by atoms with Gasteiger partial charge >= 0.3 is 0 Å². The second-order valence-corrected chi connectivity index (χ2v) is 14.4. The number of ether oxygens (including phenoxy) is 6. The number of aryl methyl sites for hydroxylation is 1. The van der Waals surface area contributed by atoms with Crippen LogP contribution >= 0.6 is 11.8 Å². The van der Waals surface area contributed by atoms with Gasteiger partial charge in [-0.3, -0.25) is 4.79 Å². The van der Waals surface area contributed by atoms with E-state index in [0.717, 1.165) is 5.56 Å². The number of para-hydroxylation sites is 2. The van der Waals surface area contributed by atoms with Crippen LogP contribution in [0.2, 0.25) is 0 Å². The molecule has 0 atom stereocenters. The number of unbranched alkanes of at least 4 members (excludes halogenated alkanes) is 1. The monoisotopic (exact) mass is 746 g/mol. The molecule has 6 rings (SSSR count). The molecule has 2 heterocycles. The van der Waals surface area contributed by atoms with E-state index < -0.39 is 15.5 Å². The van der Waals surface area contributed by atoms with Crippen molar-refractivity contribution in [2.75, 3.05) is 47.9 Å². The Labute approximate surface area is 305 Å². The first-order valence-electron chi connectivity index (χ1n) is 16.2. The Balaban J connectivity index is 1.27. The average molecular weight is 747 g/mol. The number of aromatic nitrogens is 2. The Morgan fingerprint density at radius 2 is 1.48 bits per heavy atom. The summed E-state index contributed by atoms with van der Waals surface area (Å²) in [4.78, 5) is 19.0. The van der Waals surface area contributed by atoms with Gasteiger partial charge in [0, 0.05) is 23.4 Å². The van der Waals surface area contributed by atoms with Gasteiger partial charge in [0.2, 0.25) is 16.9 Å². The molecule has 0 aliphatic rings. The SMILES string of the molecule is COc1cc(OC)c2c(=O)c(OCCCCSc3nc4ccccc4n3S(=O)(=O)c3ccc(C)cc3)c(-c3cc(OC)c(OC)c(OC)c3)oc2c1. The van der Waals surface area contributed by atoms with Crippen LogP contribution in [0.3, 0.4) is 0 Å². The maximum absolute atomic E-state index is 14.1. The van der Waals surface area contributed by atoms with Crippen LogP contribution in [0, 0.1) is 6.92 Å². The van der Waals surface area contributed by atoms with Crippen molar-refractivity contribution in [3.05, 3.63) is 88.6 Å². The molecule has 2 aromatic heterocycles. The van der Waals surface area contributed by atoms with Crippen molar-refractivity contribution in [1.29, 1.82) is 0 Å². The minimum atomic E-state index is -3.91. The number of thioether (sulfide) groups is 1. The molecule has 14 heteroatoms. The fraction of sp³-hybridized carbons (Fsp3) is 0.263.